The Kier molecular flexibility index (Phi) is 4.59. The van der Waals surface area contributed by atoms with E-state index in [0.29, 0.717) is 11.5 Å². The van der Waals surface area contributed by atoms with Gasteiger partial charge in [-0.05, 0) is 57.4 Å². The third-order valence-electron chi connectivity index (χ3n) is 5.31. The molecule has 0 radical (unpaired) electrons. The smallest absolute Gasteiger partial charge is 0.0644 e. The summed E-state index contributed by atoms with van der Waals surface area (Å²) in [6, 6.07) is 0.676. The highest BCUT2D eigenvalue weighted by atomic mass is 16.3. The summed E-state index contributed by atoms with van der Waals surface area (Å²) in [4.78, 5) is 2.56. The molecule has 2 rings (SSSR count). The summed E-state index contributed by atoms with van der Waals surface area (Å²) in [5.74, 6) is 0.761. The van der Waals surface area contributed by atoms with Crippen molar-refractivity contribution in [1.82, 2.24) is 10.2 Å². The highest BCUT2D eigenvalue weighted by Gasteiger charge is 2.36. The number of nitrogens with zero attached hydrogens (tertiary/aromatic N) is 1. The predicted molar refractivity (Wildman–Crippen MR) is 80.3 cm³/mol. The Hall–Kier alpha value is -0.120. The van der Waals surface area contributed by atoms with Crippen LogP contribution in [-0.4, -0.2) is 48.3 Å². The van der Waals surface area contributed by atoms with E-state index in [2.05, 4.69) is 31.1 Å². The quantitative estimate of drug-likeness (QED) is 0.824. The molecule has 0 spiro atoms. The molecule has 2 unspecified atom stereocenters. The first-order chi connectivity index (χ1) is 8.81. The zero-order valence-corrected chi connectivity index (χ0v) is 13.2. The normalized spacial score (nSPS) is 35.2. The van der Waals surface area contributed by atoms with E-state index in [9.17, 15) is 5.11 Å². The van der Waals surface area contributed by atoms with Gasteiger partial charge in [0.25, 0.3) is 0 Å². The van der Waals surface area contributed by atoms with Crippen LogP contribution in [0.4, 0.5) is 0 Å². The number of aliphatic hydroxyl groups is 1. The molecule has 0 aromatic heterocycles. The number of rotatable bonds is 3. The zero-order valence-electron chi connectivity index (χ0n) is 13.2. The van der Waals surface area contributed by atoms with Crippen LogP contribution in [0.1, 0.15) is 52.9 Å². The van der Waals surface area contributed by atoms with Crippen LogP contribution in [-0.2, 0) is 0 Å². The molecule has 1 aliphatic heterocycles. The van der Waals surface area contributed by atoms with Gasteiger partial charge in [0.2, 0.25) is 0 Å². The van der Waals surface area contributed by atoms with Crippen molar-refractivity contribution in [2.45, 2.75) is 64.5 Å². The highest BCUT2D eigenvalue weighted by Crippen LogP contribution is 2.39. The number of piperidine rings is 1. The topological polar surface area (TPSA) is 35.5 Å². The van der Waals surface area contributed by atoms with Crippen LogP contribution < -0.4 is 5.32 Å². The van der Waals surface area contributed by atoms with E-state index < -0.39 is 5.60 Å². The number of likely N-dealkylation sites (tertiary alicyclic amines) is 1. The summed E-state index contributed by atoms with van der Waals surface area (Å²) in [6.07, 6.45) is 5.81. The average Bonchev–Trinajstić information content (AvgIpc) is 2.31. The molecular weight excluding hydrogens is 236 g/mol. The van der Waals surface area contributed by atoms with E-state index in [0.717, 1.165) is 31.8 Å². The molecule has 0 bridgehead atoms. The third kappa shape index (κ3) is 4.17. The van der Waals surface area contributed by atoms with Gasteiger partial charge in [-0.15, -0.1) is 0 Å². The van der Waals surface area contributed by atoms with Crippen molar-refractivity contribution in [2.75, 3.05) is 26.7 Å². The molecule has 2 atom stereocenters. The van der Waals surface area contributed by atoms with Crippen LogP contribution >= 0.6 is 0 Å². The highest BCUT2D eigenvalue weighted by molar-refractivity contribution is 4.91. The maximum atomic E-state index is 10.0. The number of hydrogen-bond acceptors (Lipinski definition) is 3. The van der Waals surface area contributed by atoms with Crippen LogP contribution in [0, 0.1) is 11.3 Å². The van der Waals surface area contributed by atoms with Gasteiger partial charge in [0.15, 0.2) is 0 Å². The van der Waals surface area contributed by atoms with Crippen molar-refractivity contribution in [3.63, 3.8) is 0 Å². The first-order valence-corrected chi connectivity index (χ1v) is 7.93. The number of nitrogens with one attached hydrogen (secondary N) is 1. The molecule has 112 valence electrons. The average molecular weight is 268 g/mol. The molecule has 0 aromatic rings. The summed E-state index contributed by atoms with van der Waals surface area (Å²) < 4.78 is 0. The van der Waals surface area contributed by atoms with Crippen LogP contribution in [0.3, 0.4) is 0 Å². The van der Waals surface area contributed by atoms with Crippen molar-refractivity contribution >= 4 is 0 Å². The second-order valence-electron chi connectivity index (χ2n) is 7.86. The van der Waals surface area contributed by atoms with Gasteiger partial charge < -0.3 is 15.3 Å². The lowest BCUT2D eigenvalue weighted by atomic mass is 9.69. The van der Waals surface area contributed by atoms with Gasteiger partial charge >= 0.3 is 0 Å². The van der Waals surface area contributed by atoms with Crippen molar-refractivity contribution in [3.05, 3.63) is 0 Å². The van der Waals surface area contributed by atoms with E-state index in [1.165, 1.54) is 25.8 Å². The molecule has 1 aliphatic carbocycles. The first kappa shape index (κ1) is 15.3. The van der Waals surface area contributed by atoms with E-state index in [4.69, 9.17) is 0 Å². The van der Waals surface area contributed by atoms with E-state index in [-0.39, 0.29) is 0 Å². The third-order valence-corrected chi connectivity index (χ3v) is 5.31. The molecule has 19 heavy (non-hydrogen) atoms. The van der Waals surface area contributed by atoms with Crippen LogP contribution in [0.15, 0.2) is 0 Å². The molecule has 1 saturated carbocycles. The monoisotopic (exact) mass is 268 g/mol. The van der Waals surface area contributed by atoms with Gasteiger partial charge in [-0.2, -0.15) is 0 Å². The van der Waals surface area contributed by atoms with Crippen molar-refractivity contribution in [3.8, 4) is 0 Å². The predicted octanol–water partition coefficient (Wildman–Crippen LogP) is 2.25. The Balaban J connectivity index is 1.89. The van der Waals surface area contributed by atoms with Gasteiger partial charge in [-0.25, -0.2) is 0 Å². The molecular formula is C16H32N2O. The fourth-order valence-electron chi connectivity index (χ4n) is 3.86. The fourth-order valence-corrected chi connectivity index (χ4v) is 3.86. The molecule has 3 nitrogen and oxygen atoms in total. The molecule has 2 aliphatic rings. The maximum Gasteiger partial charge on any atom is 0.0644 e. The second kappa shape index (κ2) is 5.71. The Morgan fingerprint density at radius 1 is 1.16 bits per heavy atom. The summed E-state index contributed by atoms with van der Waals surface area (Å²) in [5.41, 5.74) is 0.0735. The minimum atomic E-state index is -0.426. The molecule has 0 aromatic carbocycles. The molecule has 1 saturated heterocycles. The van der Waals surface area contributed by atoms with Gasteiger partial charge in [0.1, 0.15) is 0 Å². The van der Waals surface area contributed by atoms with Crippen molar-refractivity contribution in [2.24, 2.45) is 11.3 Å². The standard InChI is InChI=1S/C16H32N2O/c1-15(2)6-5-14(17-4)13(11-15)12-18-9-7-16(3,19)8-10-18/h13-14,17,19H,5-12H2,1-4H3. The van der Waals surface area contributed by atoms with Crippen LogP contribution in [0.2, 0.25) is 0 Å². The first-order valence-electron chi connectivity index (χ1n) is 7.93. The molecule has 2 fully saturated rings. The maximum absolute atomic E-state index is 10.0. The SMILES string of the molecule is CNC1CCC(C)(C)CC1CN1CCC(C)(O)CC1. The van der Waals surface area contributed by atoms with Crippen LogP contribution in [0.25, 0.3) is 0 Å². The van der Waals surface area contributed by atoms with E-state index >= 15 is 0 Å². The van der Waals surface area contributed by atoms with Crippen molar-refractivity contribution < 1.29 is 5.11 Å². The Labute approximate surface area is 118 Å². The van der Waals surface area contributed by atoms with Gasteiger partial charge in [-0.1, -0.05) is 13.8 Å². The van der Waals surface area contributed by atoms with E-state index in [1.54, 1.807) is 0 Å². The van der Waals surface area contributed by atoms with Gasteiger partial charge in [0, 0.05) is 25.7 Å². The summed E-state index contributed by atoms with van der Waals surface area (Å²) >= 11 is 0. The van der Waals surface area contributed by atoms with Crippen molar-refractivity contribution in [1.29, 1.82) is 0 Å². The molecule has 1 heterocycles. The number of hydrogen-bond donors (Lipinski definition) is 2. The van der Waals surface area contributed by atoms with Gasteiger partial charge in [0.05, 0.1) is 5.60 Å². The van der Waals surface area contributed by atoms with Crippen LogP contribution in [0.5, 0.6) is 0 Å². The van der Waals surface area contributed by atoms with Gasteiger partial charge in [-0.3, -0.25) is 0 Å². The largest absolute Gasteiger partial charge is 0.390 e. The zero-order chi connectivity index (χ0) is 14.1. The Morgan fingerprint density at radius 2 is 1.79 bits per heavy atom. The minimum absolute atomic E-state index is 0.426. The molecule has 0 amide bonds. The summed E-state index contributed by atoms with van der Waals surface area (Å²) in [6.45, 7) is 10.1. The van der Waals surface area contributed by atoms with E-state index in [1.807, 2.05) is 6.92 Å². The lowest BCUT2D eigenvalue weighted by Crippen LogP contribution is -2.49. The lowest BCUT2D eigenvalue weighted by Gasteiger charge is -2.44. The lowest BCUT2D eigenvalue weighted by molar-refractivity contribution is -0.0146. The second-order valence-corrected chi connectivity index (χ2v) is 7.86. The molecule has 2 N–H and O–H groups in total. The Bertz CT molecular complexity index is 291. The fraction of sp³-hybridized carbons (Fsp3) is 1.00. The Morgan fingerprint density at radius 3 is 2.37 bits per heavy atom. The summed E-state index contributed by atoms with van der Waals surface area (Å²) in [5, 5.41) is 13.6. The molecule has 3 heteroatoms. The minimum Gasteiger partial charge on any atom is -0.390 e. The summed E-state index contributed by atoms with van der Waals surface area (Å²) in [7, 11) is 2.11.